The largest absolute Gasteiger partial charge is 0.367 e. The topological polar surface area (TPSA) is 46.3 Å². The number of nitrogens with two attached hydrogens (primary N) is 1. The van der Waals surface area contributed by atoms with E-state index in [2.05, 4.69) is 17.0 Å². The highest BCUT2D eigenvalue weighted by molar-refractivity contribution is 5.94. The number of fused-ring (bicyclic) bond motifs is 1. The van der Waals surface area contributed by atoms with Crippen molar-refractivity contribution in [1.82, 2.24) is 0 Å². The van der Waals surface area contributed by atoms with E-state index >= 15 is 0 Å². The van der Waals surface area contributed by atoms with Crippen molar-refractivity contribution < 1.29 is 4.79 Å². The zero-order chi connectivity index (χ0) is 13.2. The second-order valence-corrected chi connectivity index (χ2v) is 4.86. The number of hydrogen-bond donors (Lipinski definition) is 1. The summed E-state index contributed by atoms with van der Waals surface area (Å²) in [6.45, 7) is 1.86. The van der Waals surface area contributed by atoms with E-state index in [1.165, 1.54) is 11.1 Å². The Balaban J connectivity index is 1.88. The molecule has 0 spiro atoms. The van der Waals surface area contributed by atoms with Crippen molar-refractivity contribution >= 4 is 11.6 Å². The van der Waals surface area contributed by atoms with Crippen molar-refractivity contribution in [3.05, 3.63) is 65.2 Å². The Hall–Kier alpha value is -2.29. The van der Waals surface area contributed by atoms with E-state index in [0.29, 0.717) is 5.56 Å². The Bertz CT molecular complexity index is 607. The van der Waals surface area contributed by atoms with Crippen LogP contribution in [0.15, 0.2) is 48.5 Å². The van der Waals surface area contributed by atoms with Crippen LogP contribution in [0.3, 0.4) is 0 Å². The lowest BCUT2D eigenvalue weighted by Crippen LogP contribution is -2.20. The molecular formula is C16H16N2O. The lowest BCUT2D eigenvalue weighted by Gasteiger charge is -2.19. The molecule has 0 saturated carbocycles. The van der Waals surface area contributed by atoms with E-state index in [1.807, 2.05) is 36.4 Å². The Kier molecular flexibility index (Phi) is 2.95. The molecule has 0 atom stereocenters. The van der Waals surface area contributed by atoms with Gasteiger partial charge in [0.2, 0.25) is 5.91 Å². The molecule has 1 amide bonds. The van der Waals surface area contributed by atoms with Crippen LogP contribution in [0.5, 0.6) is 0 Å². The molecule has 0 aliphatic carbocycles. The smallest absolute Gasteiger partial charge is 0.248 e. The molecule has 19 heavy (non-hydrogen) atoms. The molecule has 2 aromatic carbocycles. The normalized spacial score (nSPS) is 13.4. The third-order valence-electron chi connectivity index (χ3n) is 3.58. The molecule has 3 nitrogen and oxygen atoms in total. The number of primary amides is 1. The van der Waals surface area contributed by atoms with Crippen LogP contribution in [0.1, 0.15) is 21.5 Å². The van der Waals surface area contributed by atoms with Gasteiger partial charge in [-0.05, 0) is 29.7 Å². The SMILES string of the molecule is NC(=O)c1ccc2c(c1)N(Cc1ccccc1)CC2. The van der Waals surface area contributed by atoms with Crippen LogP contribution < -0.4 is 10.6 Å². The minimum absolute atomic E-state index is 0.366. The first kappa shape index (κ1) is 11.8. The summed E-state index contributed by atoms with van der Waals surface area (Å²) in [5, 5.41) is 0. The van der Waals surface area contributed by atoms with Gasteiger partial charge in [0.05, 0.1) is 0 Å². The highest BCUT2D eigenvalue weighted by atomic mass is 16.1. The molecule has 0 aromatic heterocycles. The van der Waals surface area contributed by atoms with E-state index in [4.69, 9.17) is 5.73 Å². The van der Waals surface area contributed by atoms with Crippen molar-refractivity contribution in [1.29, 1.82) is 0 Å². The third-order valence-corrected chi connectivity index (χ3v) is 3.58. The first-order valence-corrected chi connectivity index (χ1v) is 6.45. The summed E-state index contributed by atoms with van der Waals surface area (Å²) in [5.41, 5.74) is 9.64. The molecule has 2 aromatic rings. The lowest BCUT2D eigenvalue weighted by molar-refractivity contribution is 0.100. The summed E-state index contributed by atoms with van der Waals surface area (Å²) in [6, 6.07) is 16.1. The highest BCUT2D eigenvalue weighted by Crippen LogP contribution is 2.30. The minimum Gasteiger partial charge on any atom is -0.367 e. The lowest BCUT2D eigenvalue weighted by atomic mass is 10.1. The number of carbonyl (C=O) groups excluding carboxylic acids is 1. The molecule has 1 heterocycles. The Morgan fingerprint density at radius 1 is 1.16 bits per heavy atom. The van der Waals surface area contributed by atoms with Crippen LogP contribution in [0.2, 0.25) is 0 Å². The third kappa shape index (κ3) is 2.32. The summed E-state index contributed by atoms with van der Waals surface area (Å²) in [5.74, 6) is -0.366. The van der Waals surface area contributed by atoms with Gasteiger partial charge in [-0.3, -0.25) is 4.79 Å². The van der Waals surface area contributed by atoms with Crippen molar-refractivity contribution in [2.75, 3.05) is 11.4 Å². The van der Waals surface area contributed by atoms with Gasteiger partial charge in [0.1, 0.15) is 0 Å². The van der Waals surface area contributed by atoms with E-state index in [1.54, 1.807) is 0 Å². The fourth-order valence-electron chi connectivity index (χ4n) is 2.57. The van der Waals surface area contributed by atoms with E-state index in [9.17, 15) is 4.79 Å². The number of nitrogens with zero attached hydrogens (tertiary/aromatic N) is 1. The number of anilines is 1. The molecule has 1 aliphatic rings. The van der Waals surface area contributed by atoms with Crippen molar-refractivity contribution in [3.8, 4) is 0 Å². The quantitative estimate of drug-likeness (QED) is 0.911. The molecule has 3 rings (SSSR count). The van der Waals surface area contributed by atoms with Gasteiger partial charge in [0, 0.05) is 24.3 Å². The zero-order valence-electron chi connectivity index (χ0n) is 10.7. The van der Waals surface area contributed by atoms with Gasteiger partial charge in [-0.1, -0.05) is 36.4 Å². The number of rotatable bonds is 3. The van der Waals surface area contributed by atoms with E-state index < -0.39 is 0 Å². The van der Waals surface area contributed by atoms with Crippen LogP contribution in [0, 0.1) is 0 Å². The van der Waals surface area contributed by atoms with Crippen molar-refractivity contribution in [2.45, 2.75) is 13.0 Å². The molecule has 1 aliphatic heterocycles. The summed E-state index contributed by atoms with van der Waals surface area (Å²) in [6.07, 6.45) is 1.03. The number of carbonyl (C=O) groups is 1. The van der Waals surface area contributed by atoms with Gasteiger partial charge in [-0.2, -0.15) is 0 Å². The molecule has 0 fully saturated rings. The van der Waals surface area contributed by atoms with Crippen LogP contribution in [0.25, 0.3) is 0 Å². The van der Waals surface area contributed by atoms with Gasteiger partial charge < -0.3 is 10.6 Å². The van der Waals surface area contributed by atoms with Gasteiger partial charge >= 0.3 is 0 Å². The molecule has 0 unspecified atom stereocenters. The molecule has 96 valence electrons. The van der Waals surface area contributed by atoms with Gasteiger partial charge in [-0.15, -0.1) is 0 Å². The average Bonchev–Trinajstić information content (AvgIpc) is 2.82. The molecule has 0 saturated heterocycles. The van der Waals surface area contributed by atoms with Crippen LogP contribution in [0.4, 0.5) is 5.69 Å². The van der Waals surface area contributed by atoms with E-state index in [-0.39, 0.29) is 5.91 Å². The van der Waals surface area contributed by atoms with Gasteiger partial charge in [0.25, 0.3) is 0 Å². The molecule has 0 bridgehead atoms. The zero-order valence-corrected chi connectivity index (χ0v) is 10.7. The molecule has 0 radical (unpaired) electrons. The molecule has 2 N–H and O–H groups in total. The summed E-state index contributed by atoms with van der Waals surface area (Å²) < 4.78 is 0. The fraction of sp³-hybridized carbons (Fsp3) is 0.188. The Morgan fingerprint density at radius 3 is 2.68 bits per heavy atom. The number of benzene rings is 2. The first-order valence-electron chi connectivity index (χ1n) is 6.45. The average molecular weight is 252 g/mol. The second kappa shape index (κ2) is 4.76. The predicted molar refractivity (Wildman–Crippen MR) is 76.2 cm³/mol. The first-order chi connectivity index (χ1) is 9.24. The minimum atomic E-state index is -0.366. The summed E-state index contributed by atoms with van der Waals surface area (Å²) >= 11 is 0. The van der Waals surface area contributed by atoms with Crippen LogP contribution in [-0.4, -0.2) is 12.5 Å². The summed E-state index contributed by atoms with van der Waals surface area (Å²) in [7, 11) is 0. The maximum absolute atomic E-state index is 11.3. The van der Waals surface area contributed by atoms with Crippen molar-refractivity contribution in [3.63, 3.8) is 0 Å². The van der Waals surface area contributed by atoms with Crippen molar-refractivity contribution in [2.24, 2.45) is 5.73 Å². The Morgan fingerprint density at radius 2 is 1.95 bits per heavy atom. The molecular weight excluding hydrogens is 236 g/mol. The number of hydrogen-bond acceptors (Lipinski definition) is 2. The van der Waals surface area contributed by atoms with Gasteiger partial charge in [-0.25, -0.2) is 0 Å². The maximum atomic E-state index is 11.3. The monoisotopic (exact) mass is 252 g/mol. The van der Waals surface area contributed by atoms with Gasteiger partial charge in [0.15, 0.2) is 0 Å². The number of amides is 1. The fourth-order valence-corrected chi connectivity index (χ4v) is 2.57. The standard InChI is InChI=1S/C16H16N2O/c17-16(19)14-7-6-13-8-9-18(15(13)10-14)11-12-4-2-1-3-5-12/h1-7,10H,8-9,11H2,(H2,17,19). The van der Waals surface area contributed by atoms with Crippen LogP contribution in [-0.2, 0) is 13.0 Å². The van der Waals surface area contributed by atoms with E-state index in [0.717, 1.165) is 25.2 Å². The second-order valence-electron chi connectivity index (χ2n) is 4.86. The summed E-state index contributed by atoms with van der Waals surface area (Å²) in [4.78, 5) is 13.6. The maximum Gasteiger partial charge on any atom is 0.248 e. The Labute approximate surface area is 112 Å². The predicted octanol–water partition coefficient (Wildman–Crippen LogP) is 2.35. The highest BCUT2D eigenvalue weighted by Gasteiger charge is 2.20. The van der Waals surface area contributed by atoms with Crippen LogP contribution >= 0.6 is 0 Å². The molecule has 3 heteroatoms.